The number of para-hydroxylation sites is 1. The van der Waals surface area contributed by atoms with Crippen LogP contribution in [0.4, 0.5) is 0 Å². The van der Waals surface area contributed by atoms with Gasteiger partial charge in [0.2, 0.25) is 0 Å². The van der Waals surface area contributed by atoms with Crippen molar-refractivity contribution in [2.24, 2.45) is 0 Å². The van der Waals surface area contributed by atoms with E-state index in [1.165, 1.54) is 6.08 Å². The quantitative estimate of drug-likeness (QED) is 0.758. The molecule has 0 saturated heterocycles. The van der Waals surface area contributed by atoms with Crippen LogP contribution in [-0.4, -0.2) is 20.7 Å². The van der Waals surface area contributed by atoms with Crippen LogP contribution < -0.4 is 0 Å². The van der Waals surface area contributed by atoms with Crippen LogP contribution in [0.5, 0.6) is 0 Å². The zero-order valence-electron chi connectivity index (χ0n) is 8.72. The number of aliphatic hydroxyl groups is 1. The summed E-state index contributed by atoms with van der Waals surface area (Å²) in [5, 5.41) is 10.7. The predicted octanol–water partition coefficient (Wildman–Crippen LogP) is 3.09. The van der Waals surface area contributed by atoms with Crippen molar-refractivity contribution < 1.29 is 9.90 Å². The van der Waals surface area contributed by atoms with Gasteiger partial charge in [0.05, 0.1) is 10.3 Å². The number of pyridine rings is 1. The summed E-state index contributed by atoms with van der Waals surface area (Å²) in [7, 11) is 0. The Morgan fingerprint density at radius 2 is 2.06 bits per heavy atom. The van der Waals surface area contributed by atoms with E-state index in [1.807, 2.05) is 24.3 Å². The molecule has 0 amide bonds. The first kappa shape index (κ1) is 10.5. The van der Waals surface area contributed by atoms with Gasteiger partial charge in [0.15, 0.2) is 5.78 Å². The number of fused-ring (bicyclic) bond motifs is 2. The molecule has 4 heteroatoms. The van der Waals surface area contributed by atoms with E-state index >= 15 is 0 Å². The molecule has 17 heavy (non-hydrogen) atoms. The zero-order valence-corrected chi connectivity index (χ0v) is 10.3. The van der Waals surface area contributed by atoms with E-state index in [2.05, 4.69) is 20.9 Å². The number of aliphatic hydroxyl groups excluding tert-OH is 1. The van der Waals surface area contributed by atoms with Gasteiger partial charge in [-0.05, 0) is 18.2 Å². The van der Waals surface area contributed by atoms with Gasteiger partial charge in [-0.2, -0.15) is 0 Å². The number of ketones is 1. The fourth-order valence-electron chi connectivity index (χ4n) is 1.94. The van der Waals surface area contributed by atoms with Gasteiger partial charge in [0.1, 0.15) is 11.5 Å². The van der Waals surface area contributed by atoms with Crippen LogP contribution >= 0.6 is 15.9 Å². The largest absolute Gasteiger partial charge is 0.506 e. The molecule has 0 radical (unpaired) electrons. The average molecular weight is 290 g/mol. The highest BCUT2D eigenvalue weighted by molar-refractivity contribution is 9.10. The van der Waals surface area contributed by atoms with Crippen molar-refractivity contribution in [2.75, 3.05) is 0 Å². The second-order valence-corrected chi connectivity index (χ2v) is 4.88. The predicted molar refractivity (Wildman–Crippen MR) is 69.4 cm³/mol. The zero-order chi connectivity index (χ0) is 12.0. The summed E-state index contributed by atoms with van der Waals surface area (Å²) in [6, 6.07) is 9.30. The number of allylic oxidation sites excluding steroid dienone is 1. The van der Waals surface area contributed by atoms with E-state index in [1.54, 1.807) is 6.07 Å². The molecule has 0 spiro atoms. The molecule has 2 aromatic rings. The molecule has 1 unspecified atom stereocenters. The Morgan fingerprint density at radius 1 is 1.29 bits per heavy atom. The molecule has 1 heterocycles. The summed E-state index contributed by atoms with van der Waals surface area (Å²) in [5.74, 6) is -0.0247. The summed E-state index contributed by atoms with van der Waals surface area (Å²) < 4.78 is 0. The Bertz CT molecular complexity index is 664. The first-order valence-electron chi connectivity index (χ1n) is 5.16. The lowest BCUT2D eigenvalue weighted by atomic mass is 9.97. The van der Waals surface area contributed by atoms with E-state index in [4.69, 9.17) is 0 Å². The van der Waals surface area contributed by atoms with Gasteiger partial charge in [0.25, 0.3) is 0 Å². The Kier molecular flexibility index (Phi) is 2.26. The van der Waals surface area contributed by atoms with Crippen LogP contribution in [0.15, 0.2) is 36.4 Å². The third kappa shape index (κ3) is 1.56. The summed E-state index contributed by atoms with van der Waals surface area (Å²) in [6.45, 7) is 0. The minimum atomic E-state index is -0.474. The van der Waals surface area contributed by atoms with Crippen LogP contribution in [-0.2, 0) is 0 Å². The number of nitrogens with zero attached hydrogens (tertiary/aromatic N) is 1. The van der Waals surface area contributed by atoms with Crippen LogP contribution in [0, 0.1) is 0 Å². The van der Waals surface area contributed by atoms with Gasteiger partial charge in [0, 0.05) is 10.9 Å². The van der Waals surface area contributed by atoms with Gasteiger partial charge >= 0.3 is 0 Å². The second-order valence-electron chi connectivity index (χ2n) is 3.90. The average Bonchev–Trinajstić information content (AvgIpc) is 2.34. The van der Waals surface area contributed by atoms with E-state index in [-0.39, 0.29) is 11.5 Å². The second kappa shape index (κ2) is 3.67. The highest BCUT2D eigenvalue weighted by Gasteiger charge is 2.27. The first-order chi connectivity index (χ1) is 8.16. The van der Waals surface area contributed by atoms with Gasteiger partial charge < -0.3 is 5.11 Å². The molecule has 1 aromatic heterocycles. The molecule has 0 aliphatic heterocycles. The standard InChI is InChI=1S/C13H8BrNO2/c14-9-6-11(16)12-8(13(9)17)5-7-3-1-2-4-10(7)15-12/h1-6,9,16H. The molecule has 0 saturated carbocycles. The van der Waals surface area contributed by atoms with Gasteiger partial charge in [-0.25, -0.2) is 4.98 Å². The van der Waals surface area contributed by atoms with E-state index in [0.29, 0.717) is 11.3 Å². The maximum atomic E-state index is 12.0. The molecule has 1 atom stereocenters. The molecule has 1 aromatic carbocycles. The minimum Gasteiger partial charge on any atom is -0.506 e. The van der Waals surface area contributed by atoms with E-state index in [9.17, 15) is 9.90 Å². The molecular formula is C13H8BrNO2. The smallest absolute Gasteiger partial charge is 0.182 e. The maximum Gasteiger partial charge on any atom is 0.182 e. The third-order valence-electron chi connectivity index (χ3n) is 2.79. The van der Waals surface area contributed by atoms with Crippen molar-refractivity contribution in [2.45, 2.75) is 4.83 Å². The maximum absolute atomic E-state index is 12.0. The Balaban J connectivity index is 2.36. The Hall–Kier alpha value is -1.68. The van der Waals surface area contributed by atoms with Crippen molar-refractivity contribution >= 4 is 38.4 Å². The third-order valence-corrected chi connectivity index (χ3v) is 3.47. The molecule has 1 aliphatic rings. The molecule has 1 aliphatic carbocycles. The summed E-state index contributed by atoms with van der Waals surface area (Å²) >= 11 is 3.21. The van der Waals surface area contributed by atoms with Crippen molar-refractivity contribution in [3.8, 4) is 0 Å². The Morgan fingerprint density at radius 3 is 2.88 bits per heavy atom. The number of aromatic nitrogens is 1. The fraction of sp³-hybridized carbons (Fsp3) is 0.0769. The van der Waals surface area contributed by atoms with Crippen LogP contribution in [0.25, 0.3) is 16.7 Å². The number of Topliss-reactive ketones (excluding diaryl/α,β-unsaturated/α-hetero) is 1. The van der Waals surface area contributed by atoms with Crippen molar-refractivity contribution in [3.05, 3.63) is 47.7 Å². The fourth-order valence-corrected chi connectivity index (χ4v) is 2.44. The monoisotopic (exact) mass is 289 g/mol. The topological polar surface area (TPSA) is 50.2 Å². The van der Waals surface area contributed by atoms with Crippen LogP contribution in [0.3, 0.4) is 0 Å². The Labute approximate surface area is 106 Å². The lowest BCUT2D eigenvalue weighted by Gasteiger charge is -2.16. The number of hydrogen-bond acceptors (Lipinski definition) is 3. The van der Waals surface area contributed by atoms with Crippen molar-refractivity contribution in [3.63, 3.8) is 0 Å². The summed E-state index contributed by atoms with van der Waals surface area (Å²) in [6.07, 6.45) is 1.46. The van der Waals surface area contributed by atoms with Crippen LogP contribution in [0.2, 0.25) is 0 Å². The number of benzene rings is 1. The highest BCUT2D eigenvalue weighted by Crippen LogP contribution is 2.29. The number of carbonyl (C=O) groups excluding carboxylic acids is 1. The SMILES string of the molecule is O=C1c2cc3ccccc3nc2C(O)=CC1Br. The molecule has 84 valence electrons. The lowest BCUT2D eigenvalue weighted by molar-refractivity contribution is 0.0999. The van der Waals surface area contributed by atoms with Gasteiger partial charge in [-0.1, -0.05) is 34.1 Å². The summed E-state index contributed by atoms with van der Waals surface area (Å²) in [4.78, 5) is 15.8. The number of alkyl halides is 1. The molecule has 3 nitrogen and oxygen atoms in total. The number of halogens is 1. The van der Waals surface area contributed by atoms with Gasteiger partial charge in [-0.3, -0.25) is 4.79 Å². The summed E-state index contributed by atoms with van der Waals surface area (Å²) in [5.41, 5.74) is 1.60. The molecule has 1 N–H and O–H groups in total. The van der Waals surface area contributed by atoms with Crippen molar-refractivity contribution in [1.82, 2.24) is 4.98 Å². The van der Waals surface area contributed by atoms with Gasteiger partial charge in [-0.15, -0.1) is 0 Å². The lowest BCUT2D eigenvalue weighted by Crippen LogP contribution is -2.19. The first-order valence-corrected chi connectivity index (χ1v) is 6.07. The number of hydrogen-bond donors (Lipinski definition) is 1. The van der Waals surface area contributed by atoms with Crippen molar-refractivity contribution in [1.29, 1.82) is 0 Å². The molecule has 3 rings (SSSR count). The highest BCUT2D eigenvalue weighted by atomic mass is 79.9. The molecule has 0 bridgehead atoms. The normalized spacial score (nSPS) is 19.0. The van der Waals surface area contributed by atoms with E-state index in [0.717, 1.165) is 10.9 Å². The number of carbonyl (C=O) groups is 1. The number of rotatable bonds is 0. The molecule has 0 fully saturated rings. The van der Waals surface area contributed by atoms with Crippen LogP contribution in [0.1, 0.15) is 16.1 Å². The van der Waals surface area contributed by atoms with E-state index < -0.39 is 4.83 Å². The molecular weight excluding hydrogens is 282 g/mol. The minimum absolute atomic E-state index is 0.0484.